The van der Waals surface area contributed by atoms with E-state index in [1.54, 1.807) is 0 Å². The molecule has 0 aliphatic carbocycles. The van der Waals surface area contributed by atoms with Crippen molar-refractivity contribution in [2.24, 2.45) is 0 Å². The average molecular weight is 291 g/mol. The molecule has 0 spiro atoms. The molecule has 0 unspecified atom stereocenters. The van der Waals surface area contributed by atoms with Gasteiger partial charge in [-0.15, -0.1) is 0 Å². The Kier molecular flexibility index (Phi) is 2.94. The van der Waals surface area contributed by atoms with Crippen LogP contribution in [0.2, 0.25) is 0 Å². The largest absolute Gasteiger partial charge is 0.486 e. The number of hydrogen-bond donors (Lipinski definition) is 0. The molecule has 3 aromatic rings. The Balaban J connectivity index is 1.97. The standard InChI is InChI=1S/C17H13N3O2/c18-6-7-20-14-11-16-15(21-8-9-22-16)10-13(14)19-17(20)12-4-2-1-3-5-12/h1-5,10-11H,7-9H2. The minimum absolute atomic E-state index is 0.236. The zero-order valence-electron chi connectivity index (χ0n) is 11.8. The van der Waals surface area contributed by atoms with E-state index in [1.807, 2.05) is 47.0 Å². The van der Waals surface area contributed by atoms with E-state index < -0.39 is 0 Å². The summed E-state index contributed by atoms with van der Waals surface area (Å²) in [7, 11) is 0. The van der Waals surface area contributed by atoms with Crippen molar-refractivity contribution >= 4 is 11.0 Å². The number of aromatic nitrogens is 2. The van der Waals surface area contributed by atoms with Gasteiger partial charge in [-0.05, 0) is 0 Å². The second-order valence-corrected chi connectivity index (χ2v) is 5.03. The Bertz CT molecular complexity index is 878. The number of benzene rings is 2. The molecule has 5 heteroatoms. The van der Waals surface area contributed by atoms with Crippen molar-refractivity contribution in [1.82, 2.24) is 9.55 Å². The lowest BCUT2D eigenvalue weighted by Gasteiger charge is -2.18. The highest BCUT2D eigenvalue weighted by Crippen LogP contribution is 2.36. The van der Waals surface area contributed by atoms with Gasteiger partial charge in [-0.2, -0.15) is 5.26 Å². The second-order valence-electron chi connectivity index (χ2n) is 5.03. The number of imidazole rings is 1. The quantitative estimate of drug-likeness (QED) is 0.728. The maximum Gasteiger partial charge on any atom is 0.163 e. The Morgan fingerprint density at radius 3 is 2.55 bits per heavy atom. The third kappa shape index (κ3) is 1.97. The fraction of sp³-hybridized carbons (Fsp3) is 0.176. The van der Waals surface area contributed by atoms with Crippen molar-refractivity contribution in [3.63, 3.8) is 0 Å². The summed E-state index contributed by atoms with van der Waals surface area (Å²) < 4.78 is 13.1. The van der Waals surface area contributed by atoms with Gasteiger partial charge in [0.1, 0.15) is 25.6 Å². The van der Waals surface area contributed by atoms with Crippen molar-refractivity contribution in [2.45, 2.75) is 6.54 Å². The van der Waals surface area contributed by atoms with E-state index in [-0.39, 0.29) is 6.54 Å². The molecule has 0 saturated carbocycles. The van der Waals surface area contributed by atoms with Crippen molar-refractivity contribution in [1.29, 1.82) is 5.26 Å². The summed E-state index contributed by atoms with van der Waals surface area (Å²) in [5, 5.41) is 9.15. The van der Waals surface area contributed by atoms with Crippen LogP contribution in [-0.2, 0) is 6.54 Å². The van der Waals surface area contributed by atoms with Gasteiger partial charge < -0.3 is 14.0 Å². The van der Waals surface area contributed by atoms with Gasteiger partial charge >= 0.3 is 0 Å². The van der Waals surface area contributed by atoms with Gasteiger partial charge in [-0.25, -0.2) is 4.98 Å². The Hall–Kier alpha value is -3.00. The van der Waals surface area contributed by atoms with E-state index in [9.17, 15) is 0 Å². The van der Waals surface area contributed by atoms with Crippen LogP contribution in [-0.4, -0.2) is 22.8 Å². The molecule has 2 heterocycles. The highest BCUT2D eigenvalue weighted by Gasteiger charge is 2.18. The van der Waals surface area contributed by atoms with Gasteiger partial charge in [0.15, 0.2) is 11.5 Å². The van der Waals surface area contributed by atoms with Crippen LogP contribution in [0.1, 0.15) is 0 Å². The second kappa shape index (κ2) is 5.08. The molecule has 22 heavy (non-hydrogen) atoms. The molecule has 1 aliphatic rings. The van der Waals surface area contributed by atoms with Crippen molar-refractivity contribution in [3.8, 4) is 29.0 Å². The zero-order chi connectivity index (χ0) is 14.9. The molecule has 1 aromatic heterocycles. The van der Waals surface area contributed by atoms with E-state index >= 15 is 0 Å². The van der Waals surface area contributed by atoms with Crippen LogP contribution in [0.3, 0.4) is 0 Å². The molecule has 5 nitrogen and oxygen atoms in total. The molecule has 0 N–H and O–H groups in total. The topological polar surface area (TPSA) is 60.1 Å². The van der Waals surface area contributed by atoms with E-state index in [0.29, 0.717) is 24.7 Å². The molecule has 0 atom stereocenters. The van der Waals surface area contributed by atoms with Crippen LogP contribution in [0.4, 0.5) is 0 Å². The van der Waals surface area contributed by atoms with Gasteiger partial charge in [-0.1, -0.05) is 30.3 Å². The lowest BCUT2D eigenvalue weighted by Crippen LogP contribution is -2.15. The minimum Gasteiger partial charge on any atom is -0.486 e. The Labute approximate surface area is 127 Å². The number of fused-ring (bicyclic) bond motifs is 2. The summed E-state index contributed by atoms with van der Waals surface area (Å²) in [6.45, 7) is 1.32. The van der Waals surface area contributed by atoms with Crippen LogP contribution < -0.4 is 9.47 Å². The number of rotatable bonds is 2. The summed E-state index contributed by atoms with van der Waals surface area (Å²) in [6, 6.07) is 15.8. The van der Waals surface area contributed by atoms with Crippen LogP contribution in [0.5, 0.6) is 11.5 Å². The predicted octanol–water partition coefficient (Wildman–Crippen LogP) is 3.00. The normalized spacial score (nSPS) is 13.0. The predicted molar refractivity (Wildman–Crippen MR) is 81.8 cm³/mol. The van der Waals surface area contributed by atoms with E-state index in [2.05, 4.69) is 11.1 Å². The van der Waals surface area contributed by atoms with Gasteiger partial charge in [0, 0.05) is 17.7 Å². The number of nitriles is 1. The summed E-state index contributed by atoms with van der Waals surface area (Å²) >= 11 is 0. The highest BCUT2D eigenvalue weighted by molar-refractivity contribution is 5.84. The minimum atomic E-state index is 0.236. The molecule has 4 rings (SSSR count). The van der Waals surface area contributed by atoms with Crippen LogP contribution in [0.25, 0.3) is 22.4 Å². The average Bonchev–Trinajstić information content (AvgIpc) is 2.92. The Morgan fingerprint density at radius 2 is 1.82 bits per heavy atom. The number of ether oxygens (including phenoxy) is 2. The molecular weight excluding hydrogens is 278 g/mol. The van der Waals surface area contributed by atoms with Gasteiger partial charge in [-0.3, -0.25) is 0 Å². The van der Waals surface area contributed by atoms with Crippen LogP contribution >= 0.6 is 0 Å². The summed E-state index contributed by atoms with van der Waals surface area (Å²) in [6.07, 6.45) is 0. The van der Waals surface area contributed by atoms with Crippen molar-refractivity contribution < 1.29 is 9.47 Å². The SMILES string of the molecule is N#CCn1c(-c2ccccc2)nc2cc3c(cc21)OCCO3. The molecule has 1 aliphatic heterocycles. The summed E-state index contributed by atoms with van der Waals surface area (Å²) in [5.41, 5.74) is 2.66. The smallest absolute Gasteiger partial charge is 0.163 e. The summed E-state index contributed by atoms with van der Waals surface area (Å²) in [5.74, 6) is 2.19. The van der Waals surface area contributed by atoms with Crippen LogP contribution in [0, 0.1) is 11.3 Å². The monoisotopic (exact) mass is 291 g/mol. The molecule has 108 valence electrons. The van der Waals surface area contributed by atoms with Crippen LogP contribution in [0.15, 0.2) is 42.5 Å². The van der Waals surface area contributed by atoms with E-state index in [4.69, 9.17) is 14.7 Å². The van der Waals surface area contributed by atoms with Crippen molar-refractivity contribution in [2.75, 3.05) is 13.2 Å². The molecule has 0 saturated heterocycles. The first-order chi connectivity index (χ1) is 10.9. The molecule has 0 fully saturated rings. The fourth-order valence-corrected chi connectivity index (χ4v) is 2.70. The first-order valence-electron chi connectivity index (χ1n) is 7.09. The first kappa shape index (κ1) is 12.7. The van der Waals surface area contributed by atoms with Gasteiger partial charge in [0.2, 0.25) is 0 Å². The van der Waals surface area contributed by atoms with Gasteiger partial charge in [0.05, 0.1) is 17.1 Å². The number of hydrogen-bond acceptors (Lipinski definition) is 4. The lowest BCUT2D eigenvalue weighted by molar-refractivity contribution is 0.172. The zero-order valence-corrected chi connectivity index (χ0v) is 11.8. The maximum absolute atomic E-state index is 9.15. The molecule has 2 aromatic carbocycles. The van der Waals surface area contributed by atoms with Gasteiger partial charge in [0.25, 0.3) is 0 Å². The maximum atomic E-state index is 9.15. The highest BCUT2D eigenvalue weighted by atomic mass is 16.6. The van der Waals surface area contributed by atoms with Crippen molar-refractivity contribution in [3.05, 3.63) is 42.5 Å². The summed E-state index contributed by atoms with van der Waals surface area (Å²) in [4.78, 5) is 4.69. The first-order valence-corrected chi connectivity index (χ1v) is 7.09. The molecule has 0 bridgehead atoms. The van der Waals surface area contributed by atoms with E-state index in [1.165, 1.54) is 0 Å². The third-order valence-corrected chi connectivity index (χ3v) is 3.67. The molecular formula is C17H13N3O2. The molecule has 0 amide bonds. The fourth-order valence-electron chi connectivity index (χ4n) is 2.70. The van der Waals surface area contributed by atoms with E-state index in [0.717, 1.165) is 22.4 Å². The number of nitrogens with zero attached hydrogens (tertiary/aromatic N) is 3. The third-order valence-electron chi connectivity index (χ3n) is 3.67. The Morgan fingerprint density at radius 1 is 1.09 bits per heavy atom. The molecule has 0 radical (unpaired) electrons. The lowest BCUT2D eigenvalue weighted by atomic mass is 10.2.